The van der Waals surface area contributed by atoms with E-state index in [-0.39, 0.29) is 11.8 Å². The van der Waals surface area contributed by atoms with Crippen molar-refractivity contribution in [1.82, 2.24) is 20.4 Å². The minimum Gasteiger partial charge on any atom is -0.504 e. The van der Waals surface area contributed by atoms with E-state index in [4.69, 9.17) is 33.1 Å². The predicted molar refractivity (Wildman–Crippen MR) is 127 cm³/mol. The van der Waals surface area contributed by atoms with Gasteiger partial charge in [0.2, 0.25) is 5.82 Å². The van der Waals surface area contributed by atoms with Gasteiger partial charge >= 0.3 is 0 Å². The topological polar surface area (TPSA) is 83.7 Å². The molecule has 0 spiro atoms. The molecule has 1 aliphatic heterocycles. The third-order valence-corrected chi connectivity index (χ3v) is 5.93. The van der Waals surface area contributed by atoms with Crippen LogP contribution in [0.1, 0.15) is 37.8 Å². The minimum atomic E-state index is -0.383. The molecule has 166 valence electrons. The van der Waals surface area contributed by atoms with E-state index in [2.05, 4.69) is 22.4 Å². The van der Waals surface area contributed by atoms with Crippen LogP contribution in [0.15, 0.2) is 52.7 Å². The Balaban J connectivity index is 1.81. The maximum atomic E-state index is 10.3. The highest BCUT2D eigenvalue weighted by Gasteiger charge is 2.34. The van der Waals surface area contributed by atoms with E-state index in [1.165, 1.54) is 7.11 Å². The molecule has 1 aromatic heterocycles. The summed E-state index contributed by atoms with van der Waals surface area (Å²) in [5, 5.41) is 19.1. The number of ether oxygens (including phenoxy) is 1. The molecule has 1 atom stereocenters. The second-order valence-corrected chi connectivity index (χ2v) is 8.22. The van der Waals surface area contributed by atoms with Gasteiger partial charge in [-0.05, 0) is 67.5 Å². The van der Waals surface area contributed by atoms with Crippen LogP contribution in [0.5, 0.6) is 11.5 Å². The molecule has 0 amide bonds. The molecular weight excluding hydrogens is 448 g/mol. The first-order chi connectivity index (χ1) is 15.4. The number of benzene rings is 2. The van der Waals surface area contributed by atoms with Gasteiger partial charge in [-0.3, -0.25) is 0 Å². The molecule has 3 aromatic rings. The summed E-state index contributed by atoms with van der Waals surface area (Å²) in [5.74, 6) is 1.27. The zero-order chi connectivity index (χ0) is 22.8. The smallest absolute Gasteiger partial charge is 0.258 e. The van der Waals surface area contributed by atoms with Crippen molar-refractivity contribution < 1.29 is 14.4 Å². The molecule has 0 aliphatic carbocycles. The SMILES string of the molecule is CCCN1C(=S)NC(c2ccc(OC)c(O)c2)C(c2nc(-c3ccc(Cl)cc3)no2)=C1C. The zero-order valence-corrected chi connectivity index (χ0v) is 19.5. The van der Waals surface area contributed by atoms with E-state index in [0.29, 0.717) is 27.6 Å². The number of phenols is 1. The van der Waals surface area contributed by atoms with E-state index in [1.54, 1.807) is 24.3 Å². The predicted octanol–water partition coefficient (Wildman–Crippen LogP) is 5.18. The van der Waals surface area contributed by atoms with E-state index in [1.807, 2.05) is 30.0 Å². The summed E-state index contributed by atoms with van der Waals surface area (Å²) in [7, 11) is 1.51. The standard InChI is InChI=1S/C23H23ClN4O3S/c1-4-11-28-13(2)19(22-26-21(27-31-22)14-5-8-16(24)9-6-14)20(25-23(28)32)15-7-10-18(30-3)17(29)12-15/h5-10,12,20,29H,4,11H2,1-3H3,(H,25,32). The third-order valence-electron chi connectivity index (χ3n) is 5.34. The van der Waals surface area contributed by atoms with E-state index in [9.17, 15) is 5.11 Å². The fourth-order valence-corrected chi connectivity index (χ4v) is 4.21. The Kier molecular flexibility index (Phi) is 6.34. The summed E-state index contributed by atoms with van der Waals surface area (Å²) in [6, 6.07) is 12.1. The molecule has 0 bridgehead atoms. The van der Waals surface area contributed by atoms with Gasteiger partial charge in [0.1, 0.15) is 0 Å². The van der Waals surface area contributed by atoms with Crippen LogP contribution < -0.4 is 10.1 Å². The summed E-state index contributed by atoms with van der Waals surface area (Å²) in [6.07, 6.45) is 0.917. The van der Waals surface area contributed by atoms with Gasteiger partial charge in [0.15, 0.2) is 16.6 Å². The van der Waals surface area contributed by atoms with Crippen molar-refractivity contribution in [1.29, 1.82) is 0 Å². The molecule has 1 unspecified atom stereocenters. The van der Waals surface area contributed by atoms with Crippen LogP contribution in [0.4, 0.5) is 0 Å². The number of rotatable bonds is 6. The Labute approximate surface area is 196 Å². The van der Waals surface area contributed by atoms with Crippen LogP contribution in [-0.2, 0) is 0 Å². The maximum Gasteiger partial charge on any atom is 0.258 e. The largest absolute Gasteiger partial charge is 0.504 e. The number of hydrogen-bond donors (Lipinski definition) is 2. The lowest BCUT2D eigenvalue weighted by molar-refractivity contribution is 0.372. The lowest BCUT2D eigenvalue weighted by Crippen LogP contribution is -2.46. The maximum absolute atomic E-state index is 10.3. The molecule has 9 heteroatoms. The van der Waals surface area contributed by atoms with Gasteiger partial charge in [0, 0.05) is 22.8 Å². The highest BCUT2D eigenvalue weighted by Crippen LogP contribution is 2.39. The summed E-state index contributed by atoms with van der Waals surface area (Å²) in [6.45, 7) is 4.83. The van der Waals surface area contributed by atoms with Gasteiger partial charge in [-0.25, -0.2) is 0 Å². The van der Waals surface area contributed by atoms with Crippen LogP contribution in [0.2, 0.25) is 5.02 Å². The molecular formula is C23H23ClN4O3S. The third kappa shape index (κ3) is 4.16. The molecule has 0 radical (unpaired) electrons. The van der Waals surface area contributed by atoms with Crippen LogP contribution in [-0.4, -0.2) is 38.9 Å². The Bertz CT molecular complexity index is 1180. The van der Waals surface area contributed by atoms with Crippen LogP contribution >= 0.6 is 23.8 Å². The first kappa shape index (κ1) is 22.1. The lowest BCUT2D eigenvalue weighted by atomic mass is 9.94. The van der Waals surface area contributed by atoms with Gasteiger partial charge in [-0.1, -0.05) is 29.7 Å². The number of halogens is 1. The van der Waals surface area contributed by atoms with Crippen molar-refractivity contribution in [2.45, 2.75) is 26.3 Å². The van der Waals surface area contributed by atoms with Crippen molar-refractivity contribution in [3.8, 4) is 22.9 Å². The molecule has 4 rings (SSSR count). The van der Waals surface area contributed by atoms with Crippen molar-refractivity contribution in [2.75, 3.05) is 13.7 Å². The average molecular weight is 471 g/mol. The fraction of sp³-hybridized carbons (Fsp3) is 0.261. The van der Waals surface area contributed by atoms with Crippen LogP contribution in [0.25, 0.3) is 17.0 Å². The van der Waals surface area contributed by atoms with Gasteiger partial charge in [0.25, 0.3) is 5.89 Å². The molecule has 0 saturated heterocycles. The zero-order valence-electron chi connectivity index (χ0n) is 17.9. The number of aromatic hydroxyl groups is 1. The Hall–Kier alpha value is -3.10. The highest BCUT2D eigenvalue weighted by atomic mass is 35.5. The molecule has 32 heavy (non-hydrogen) atoms. The number of phenolic OH excluding ortho intramolecular Hbond substituents is 1. The van der Waals surface area contributed by atoms with Crippen molar-refractivity contribution in [3.63, 3.8) is 0 Å². The number of aromatic nitrogens is 2. The molecule has 2 heterocycles. The van der Waals surface area contributed by atoms with Crippen molar-refractivity contribution in [3.05, 3.63) is 64.6 Å². The molecule has 7 nitrogen and oxygen atoms in total. The molecule has 1 aliphatic rings. The first-order valence-corrected chi connectivity index (χ1v) is 11.0. The average Bonchev–Trinajstić information content (AvgIpc) is 3.26. The van der Waals surface area contributed by atoms with E-state index >= 15 is 0 Å². The fourth-order valence-electron chi connectivity index (χ4n) is 3.74. The van der Waals surface area contributed by atoms with Crippen LogP contribution in [0, 0.1) is 0 Å². The van der Waals surface area contributed by atoms with E-state index < -0.39 is 0 Å². The summed E-state index contributed by atoms with van der Waals surface area (Å²) < 4.78 is 10.9. The minimum absolute atomic E-state index is 0.0399. The number of methoxy groups -OCH3 is 1. The number of nitrogens with zero attached hydrogens (tertiary/aromatic N) is 3. The normalized spacial score (nSPS) is 16.3. The van der Waals surface area contributed by atoms with Gasteiger partial charge in [-0.15, -0.1) is 0 Å². The molecule has 2 aromatic carbocycles. The quantitative estimate of drug-likeness (QED) is 0.477. The van der Waals surface area contributed by atoms with Gasteiger partial charge in [0.05, 0.1) is 18.7 Å². The number of hydrogen-bond acceptors (Lipinski definition) is 6. The Morgan fingerprint density at radius 2 is 2.00 bits per heavy atom. The molecule has 0 fully saturated rings. The van der Waals surface area contributed by atoms with Crippen LogP contribution in [0.3, 0.4) is 0 Å². The number of nitrogens with one attached hydrogen (secondary N) is 1. The van der Waals surface area contributed by atoms with Gasteiger partial charge < -0.3 is 24.6 Å². The summed E-state index contributed by atoms with van der Waals surface area (Å²) in [5.41, 5.74) is 3.31. The summed E-state index contributed by atoms with van der Waals surface area (Å²) >= 11 is 11.6. The molecule has 2 N–H and O–H groups in total. The Morgan fingerprint density at radius 1 is 1.25 bits per heavy atom. The number of thiocarbonyl (C=S) groups is 1. The van der Waals surface area contributed by atoms with E-state index in [0.717, 1.165) is 35.4 Å². The Morgan fingerprint density at radius 3 is 2.66 bits per heavy atom. The molecule has 0 saturated carbocycles. The number of allylic oxidation sites excluding steroid dienone is 1. The lowest BCUT2D eigenvalue weighted by Gasteiger charge is -2.37. The highest BCUT2D eigenvalue weighted by molar-refractivity contribution is 7.80. The van der Waals surface area contributed by atoms with Crippen molar-refractivity contribution in [2.24, 2.45) is 0 Å². The second kappa shape index (κ2) is 9.18. The van der Waals surface area contributed by atoms with Crippen molar-refractivity contribution >= 4 is 34.5 Å². The second-order valence-electron chi connectivity index (χ2n) is 7.39. The monoisotopic (exact) mass is 470 g/mol. The summed E-state index contributed by atoms with van der Waals surface area (Å²) in [4.78, 5) is 6.68. The first-order valence-electron chi connectivity index (χ1n) is 10.2. The van der Waals surface area contributed by atoms with Gasteiger partial charge in [-0.2, -0.15) is 4.98 Å².